The zero-order valence-corrected chi connectivity index (χ0v) is 42.0. The lowest BCUT2D eigenvalue weighted by Crippen LogP contribution is -2.61. The summed E-state index contributed by atoms with van der Waals surface area (Å²) in [7, 11) is 0. The molecule has 3 aliphatic rings. The molecule has 0 saturated carbocycles. The first-order valence-corrected chi connectivity index (χ1v) is 25.0. The molecule has 3 nitrogen and oxygen atoms in total. The van der Waals surface area contributed by atoms with E-state index < -0.39 is 0 Å². The first kappa shape index (κ1) is 43.7. The summed E-state index contributed by atoms with van der Waals surface area (Å²) in [5.41, 5.74) is 26.0. The van der Waals surface area contributed by atoms with Crippen LogP contribution in [0.4, 0.5) is 51.2 Å². The number of para-hydroxylation sites is 1. The molecule has 12 rings (SSSR count). The number of benzene rings is 9. The molecule has 0 N–H and O–H groups in total. The average molecular weight is 906 g/mol. The Labute approximate surface area is 415 Å². The van der Waals surface area contributed by atoms with Gasteiger partial charge in [0.1, 0.15) is 0 Å². The number of rotatable bonds is 6. The normalized spacial score (nSPS) is 14.1. The minimum Gasteiger partial charge on any atom is -0.311 e. The quantitative estimate of drug-likeness (QED) is 0.154. The number of aryl methyl sites for hydroxylation is 1. The third-order valence-corrected chi connectivity index (χ3v) is 15.4. The van der Waals surface area contributed by atoms with Crippen LogP contribution in [0.15, 0.2) is 200 Å². The molecule has 2 aliphatic heterocycles. The summed E-state index contributed by atoms with van der Waals surface area (Å²) >= 11 is 0. The molecule has 0 spiro atoms. The Morgan fingerprint density at radius 2 is 0.971 bits per heavy atom. The molecule has 0 bridgehead atoms. The number of fused-ring (bicyclic) bond motifs is 7. The highest BCUT2D eigenvalue weighted by atomic mass is 15.2. The fraction of sp³-hybridized carbons (Fsp3) is 0.182. The van der Waals surface area contributed by atoms with Gasteiger partial charge in [-0.05, 0) is 163 Å². The summed E-state index contributed by atoms with van der Waals surface area (Å²) in [5.74, 6) is 0. The first-order valence-electron chi connectivity index (χ1n) is 25.0. The molecule has 0 aromatic heterocycles. The molecule has 0 amide bonds. The first-order chi connectivity index (χ1) is 33.6. The van der Waals surface area contributed by atoms with Gasteiger partial charge in [0.2, 0.25) is 0 Å². The van der Waals surface area contributed by atoms with Gasteiger partial charge in [0.25, 0.3) is 6.71 Å². The molecule has 0 fully saturated rings. The second-order valence-corrected chi connectivity index (χ2v) is 22.4. The van der Waals surface area contributed by atoms with Gasteiger partial charge in [-0.1, -0.05) is 177 Å². The van der Waals surface area contributed by atoms with Gasteiger partial charge in [-0.25, -0.2) is 0 Å². The summed E-state index contributed by atoms with van der Waals surface area (Å²) < 4.78 is 0. The Hall–Kier alpha value is -7.56. The van der Waals surface area contributed by atoms with Gasteiger partial charge in [0, 0.05) is 56.6 Å². The van der Waals surface area contributed by atoms with Gasteiger partial charge in [-0.15, -0.1) is 0 Å². The summed E-state index contributed by atoms with van der Waals surface area (Å²) in [6, 6.07) is 75.5. The van der Waals surface area contributed by atoms with Crippen LogP contribution in [0.25, 0.3) is 22.3 Å². The van der Waals surface area contributed by atoms with Crippen LogP contribution in [0, 0.1) is 6.92 Å². The Bertz CT molecular complexity index is 3490. The highest BCUT2D eigenvalue weighted by Gasteiger charge is 2.45. The molecular weight excluding hydrogens is 846 g/mol. The van der Waals surface area contributed by atoms with E-state index in [0.29, 0.717) is 0 Å². The molecule has 342 valence electrons. The van der Waals surface area contributed by atoms with Crippen LogP contribution in [0.1, 0.15) is 83.2 Å². The van der Waals surface area contributed by atoms with Crippen molar-refractivity contribution in [2.75, 3.05) is 14.7 Å². The fourth-order valence-corrected chi connectivity index (χ4v) is 11.7. The predicted octanol–water partition coefficient (Wildman–Crippen LogP) is 16.1. The predicted molar refractivity (Wildman–Crippen MR) is 300 cm³/mol. The third kappa shape index (κ3) is 7.02. The molecule has 70 heavy (non-hydrogen) atoms. The van der Waals surface area contributed by atoms with Crippen molar-refractivity contribution in [3.8, 4) is 22.3 Å². The van der Waals surface area contributed by atoms with E-state index in [1.165, 1.54) is 94.9 Å². The molecule has 4 heteroatoms. The number of nitrogens with zero attached hydrogens (tertiary/aromatic N) is 3. The van der Waals surface area contributed by atoms with E-state index in [9.17, 15) is 0 Å². The lowest BCUT2D eigenvalue weighted by atomic mass is 9.33. The fourth-order valence-electron chi connectivity index (χ4n) is 11.7. The molecule has 1 aliphatic carbocycles. The number of hydrogen-bond donors (Lipinski definition) is 0. The zero-order chi connectivity index (χ0) is 48.3. The van der Waals surface area contributed by atoms with Crippen LogP contribution in [-0.2, 0) is 16.2 Å². The Morgan fingerprint density at radius 1 is 0.414 bits per heavy atom. The van der Waals surface area contributed by atoms with E-state index in [2.05, 4.69) is 277 Å². The molecule has 0 unspecified atom stereocenters. The van der Waals surface area contributed by atoms with Crippen LogP contribution >= 0.6 is 0 Å². The van der Waals surface area contributed by atoms with Gasteiger partial charge < -0.3 is 14.7 Å². The molecule has 9 aromatic rings. The Kier molecular flexibility index (Phi) is 9.99. The van der Waals surface area contributed by atoms with E-state index in [1.807, 2.05) is 0 Å². The van der Waals surface area contributed by atoms with Crippen molar-refractivity contribution in [1.29, 1.82) is 0 Å². The van der Waals surface area contributed by atoms with E-state index in [1.54, 1.807) is 0 Å². The van der Waals surface area contributed by atoms with Gasteiger partial charge in [0.15, 0.2) is 0 Å². The second kappa shape index (κ2) is 16.0. The highest BCUT2D eigenvalue weighted by Crippen LogP contribution is 2.52. The highest BCUT2D eigenvalue weighted by molar-refractivity contribution is 7.00. The average Bonchev–Trinajstić information content (AvgIpc) is 3.59. The van der Waals surface area contributed by atoms with Crippen molar-refractivity contribution in [2.24, 2.45) is 0 Å². The molecule has 0 saturated heterocycles. The minimum atomic E-state index is -0.161. The third-order valence-electron chi connectivity index (χ3n) is 15.4. The maximum absolute atomic E-state index is 2.60. The summed E-state index contributed by atoms with van der Waals surface area (Å²) in [5, 5.41) is 0. The lowest BCUT2D eigenvalue weighted by molar-refractivity contribution is 0.590. The maximum Gasteiger partial charge on any atom is 0.252 e. The smallest absolute Gasteiger partial charge is 0.252 e. The van der Waals surface area contributed by atoms with Crippen molar-refractivity contribution in [1.82, 2.24) is 0 Å². The molecule has 9 aromatic carbocycles. The molecular formula is C66H60BN3. The van der Waals surface area contributed by atoms with E-state index in [-0.39, 0.29) is 23.0 Å². The van der Waals surface area contributed by atoms with Gasteiger partial charge >= 0.3 is 0 Å². The van der Waals surface area contributed by atoms with Crippen LogP contribution in [0.3, 0.4) is 0 Å². The molecule has 0 radical (unpaired) electrons. The lowest BCUT2D eigenvalue weighted by Gasteiger charge is -2.45. The minimum absolute atomic E-state index is 0.0150. The monoisotopic (exact) mass is 905 g/mol. The second-order valence-electron chi connectivity index (χ2n) is 22.4. The van der Waals surface area contributed by atoms with Crippen molar-refractivity contribution in [3.05, 3.63) is 228 Å². The zero-order valence-electron chi connectivity index (χ0n) is 42.0. The SMILES string of the molecule is Cc1cc2c3c(c1)N(c1ccc4c(c1)C(C)(C)c1ccccc1-4)c1cc(N(c4ccccc4)c4ccc(-c5ccccc5)cc4)ccc1B3c1cc(C(C)(C)C)ccc1N2c1ccc(C(C)(C)C)cc1. The summed E-state index contributed by atoms with van der Waals surface area (Å²) in [6.45, 7) is 20.9. The largest absolute Gasteiger partial charge is 0.311 e. The van der Waals surface area contributed by atoms with E-state index in [4.69, 9.17) is 0 Å². The Morgan fingerprint density at radius 3 is 1.66 bits per heavy atom. The Balaban J connectivity index is 1.12. The van der Waals surface area contributed by atoms with Crippen molar-refractivity contribution < 1.29 is 0 Å². The maximum atomic E-state index is 2.60. The van der Waals surface area contributed by atoms with Crippen LogP contribution < -0.4 is 31.1 Å². The van der Waals surface area contributed by atoms with Crippen LogP contribution in [0.5, 0.6) is 0 Å². The van der Waals surface area contributed by atoms with Crippen molar-refractivity contribution >= 4 is 74.3 Å². The van der Waals surface area contributed by atoms with Crippen LogP contribution in [-0.4, -0.2) is 6.71 Å². The van der Waals surface area contributed by atoms with Gasteiger partial charge in [-0.3, -0.25) is 0 Å². The van der Waals surface area contributed by atoms with E-state index >= 15 is 0 Å². The van der Waals surface area contributed by atoms with Gasteiger partial charge in [-0.2, -0.15) is 0 Å². The molecule has 2 heterocycles. The number of hydrogen-bond acceptors (Lipinski definition) is 3. The molecule has 0 atom stereocenters. The van der Waals surface area contributed by atoms with Gasteiger partial charge in [0.05, 0.1) is 0 Å². The standard InChI is InChI=1S/C66H60BN3/c1-43-38-61-63-62(39-43)70(51-33-35-54-53-22-16-17-23-55(53)66(8,9)56(54)41-51)60-42-52(68(48-20-14-11-15-21-48)49-29-24-45(25-30-49)44-18-12-10-13-19-44)34-36-57(60)67(63)58-40-47(65(5,6)7)28-37-59(58)69(61)50-31-26-46(27-32-50)64(2,3)4/h10-42H,1-9H3. The number of anilines is 9. The summed E-state index contributed by atoms with van der Waals surface area (Å²) in [6.07, 6.45) is 0. The topological polar surface area (TPSA) is 9.72 Å². The summed E-state index contributed by atoms with van der Waals surface area (Å²) in [4.78, 5) is 7.57. The van der Waals surface area contributed by atoms with E-state index in [0.717, 1.165) is 22.7 Å². The van der Waals surface area contributed by atoms with Crippen LogP contribution in [0.2, 0.25) is 0 Å². The van der Waals surface area contributed by atoms with Crippen molar-refractivity contribution in [3.63, 3.8) is 0 Å². The van der Waals surface area contributed by atoms with Crippen molar-refractivity contribution in [2.45, 2.75) is 78.6 Å².